The minimum Gasteiger partial charge on any atom is -0.356 e. The normalized spacial score (nSPS) is 16.0. The number of nitrogens with one attached hydrogen (secondary N) is 2. The van der Waals surface area contributed by atoms with Crippen molar-refractivity contribution in [1.82, 2.24) is 19.9 Å². The SMILES string of the molecule is CCCNC(=O)[C@H]1CCCN(c2nc3ncn(CC(=O)Nc4ccc(F)cc4F)c(=O)c3s2)C1. The smallest absolute Gasteiger partial charge is 0.273 e. The molecule has 1 fully saturated rings. The first-order chi connectivity index (χ1) is 16.4. The van der Waals surface area contributed by atoms with Gasteiger partial charge >= 0.3 is 0 Å². The highest BCUT2D eigenvalue weighted by atomic mass is 32.1. The number of hydrogen-bond donors (Lipinski definition) is 2. The summed E-state index contributed by atoms with van der Waals surface area (Å²) >= 11 is 1.17. The van der Waals surface area contributed by atoms with Crippen LogP contribution in [0.5, 0.6) is 0 Å². The fourth-order valence-corrected chi connectivity index (χ4v) is 4.78. The monoisotopic (exact) mass is 490 g/mol. The van der Waals surface area contributed by atoms with Crippen LogP contribution in [0.2, 0.25) is 0 Å². The van der Waals surface area contributed by atoms with E-state index in [1.165, 1.54) is 17.7 Å². The molecule has 0 saturated carbocycles. The number of halogens is 2. The number of amides is 2. The zero-order valence-electron chi connectivity index (χ0n) is 18.5. The highest BCUT2D eigenvalue weighted by Crippen LogP contribution is 2.29. The average Bonchev–Trinajstić information content (AvgIpc) is 3.26. The van der Waals surface area contributed by atoms with Gasteiger partial charge in [-0.3, -0.25) is 19.0 Å². The van der Waals surface area contributed by atoms with Gasteiger partial charge in [-0.25, -0.2) is 13.8 Å². The summed E-state index contributed by atoms with van der Waals surface area (Å²) in [4.78, 5) is 48.3. The van der Waals surface area contributed by atoms with Crippen LogP contribution in [0.3, 0.4) is 0 Å². The second-order valence-corrected chi connectivity index (χ2v) is 9.05. The molecule has 0 radical (unpaired) electrons. The Labute approximate surface area is 197 Å². The van der Waals surface area contributed by atoms with Gasteiger partial charge in [0.05, 0.1) is 11.6 Å². The molecule has 1 aliphatic heterocycles. The summed E-state index contributed by atoms with van der Waals surface area (Å²) in [5.74, 6) is -2.45. The number of anilines is 2. The summed E-state index contributed by atoms with van der Waals surface area (Å²) < 4.78 is 28.2. The quantitative estimate of drug-likeness (QED) is 0.527. The molecule has 0 aliphatic carbocycles. The molecule has 0 bridgehead atoms. The fourth-order valence-electron chi connectivity index (χ4n) is 3.78. The van der Waals surface area contributed by atoms with Crippen LogP contribution < -0.4 is 21.1 Å². The molecule has 0 unspecified atom stereocenters. The van der Waals surface area contributed by atoms with Crippen molar-refractivity contribution in [3.05, 3.63) is 46.5 Å². The maximum absolute atomic E-state index is 13.8. The number of thiazole rings is 1. The molecule has 180 valence electrons. The van der Waals surface area contributed by atoms with Crippen LogP contribution in [0.15, 0.2) is 29.3 Å². The van der Waals surface area contributed by atoms with Crippen LogP contribution in [0.25, 0.3) is 10.3 Å². The predicted molar refractivity (Wildman–Crippen MR) is 125 cm³/mol. The highest BCUT2D eigenvalue weighted by Gasteiger charge is 2.28. The van der Waals surface area contributed by atoms with Gasteiger partial charge in [-0.2, -0.15) is 4.98 Å². The van der Waals surface area contributed by atoms with Gasteiger partial charge in [-0.1, -0.05) is 18.3 Å². The van der Waals surface area contributed by atoms with E-state index in [1.54, 1.807) is 0 Å². The third kappa shape index (κ3) is 5.22. The van der Waals surface area contributed by atoms with E-state index in [0.29, 0.717) is 24.3 Å². The van der Waals surface area contributed by atoms with Crippen molar-refractivity contribution >= 4 is 44.3 Å². The second-order valence-electron chi connectivity index (χ2n) is 8.08. The summed E-state index contributed by atoms with van der Waals surface area (Å²) in [6.07, 6.45) is 3.71. The third-order valence-electron chi connectivity index (χ3n) is 5.50. The molecule has 9 nitrogen and oxygen atoms in total. The maximum Gasteiger partial charge on any atom is 0.273 e. The minimum absolute atomic E-state index is 0.0248. The number of carbonyl (C=O) groups is 2. The molecular weight excluding hydrogens is 466 g/mol. The van der Waals surface area contributed by atoms with Crippen molar-refractivity contribution < 1.29 is 18.4 Å². The van der Waals surface area contributed by atoms with E-state index in [1.807, 2.05) is 11.8 Å². The second kappa shape index (κ2) is 10.2. The molecule has 34 heavy (non-hydrogen) atoms. The molecule has 1 aliphatic rings. The topological polar surface area (TPSA) is 109 Å². The molecule has 3 heterocycles. The van der Waals surface area contributed by atoms with Crippen LogP contribution >= 0.6 is 11.3 Å². The summed E-state index contributed by atoms with van der Waals surface area (Å²) in [5.41, 5.74) is -0.363. The highest BCUT2D eigenvalue weighted by molar-refractivity contribution is 7.22. The number of carbonyl (C=O) groups excluding carboxylic acids is 2. The van der Waals surface area contributed by atoms with Crippen LogP contribution in [-0.4, -0.2) is 46.0 Å². The maximum atomic E-state index is 13.8. The summed E-state index contributed by atoms with van der Waals surface area (Å²) in [7, 11) is 0. The number of hydrogen-bond acceptors (Lipinski definition) is 7. The predicted octanol–water partition coefficient (Wildman–Crippen LogP) is 2.51. The molecule has 2 amide bonds. The molecule has 12 heteroatoms. The van der Waals surface area contributed by atoms with Gasteiger partial charge in [0.2, 0.25) is 11.8 Å². The third-order valence-corrected chi connectivity index (χ3v) is 6.60. The molecule has 4 rings (SSSR count). The molecule has 2 aromatic heterocycles. The van der Waals surface area contributed by atoms with Gasteiger partial charge in [0.25, 0.3) is 5.56 Å². The number of fused-ring (bicyclic) bond motifs is 1. The summed E-state index contributed by atoms with van der Waals surface area (Å²) in [5, 5.41) is 5.85. The van der Waals surface area contributed by atoms with Gasteiger partial charge in [0.15, 0.2) is 10.8 Å². The molecule has 2 N–H and O–H groups in total. The average molecular weight is 491 g/mol. The first kappa shape index (κ1) is 23.7. The Morgan fingerprint density at radius 1 is 1.29 bits per heavy atom. The number of nitrogens with zero attached hydrogens (tertiary/aromatic N) is 4. The van der Waals surface area contributed by atoms with E-state index in [-0.39, 0.29) is 27.9 Å². The molecule has 1 atom stereocenters. The van der Waals surface area contributed by atoms with Crippen molar-refractivity contribution in [2.24, 2.45) is 5.92 Å². The first-order valence-corrected chi connectivity index (χ1v) is 11.8. The van der Waals surface area contributed by atoms with Gasteiger partial charge in [-0.15, -0.1) is 0 Å². The Balaban J connectivity index is 1.48. The number of benzene rings is 1. The van der Waals surface area contributed by atoms with E-state index in [0.717, 1.165) is 42.5 Å². The molecule has 3 aromatic rings. The van der Waals surface area contributed by atoms with Crippen molar-refractivity contribution in [2.75, 3.05) is 29.9 Å². The van der Waals surface area contributed by atoms with Crippen molar-refractivity contribution in [2.45, 2.75) is 32.7 Å². The Bertz CT molecular complexity index is 1280. The van der Waals surface area contributed by atoms with E-state index in [4.69, 9.17) is 0 Å². The lowest BCUT2D eigenvalue weighted by Crippen LogP contribution is -2.43. The fraction of sp³-hybridized carbons (Fsp3) is 0.409. The molecule has 0 spiro atoms. The van der Waals surface area contributed by atoms with E-state index < -0.39 is 29.6 Å². The lowest BCUT2D eigenvalue weighted by atomic mass is 9.97. The molecule has 1 saturated heterocycles. The minimum atomic E-state index is -0.912. The zero-order valence-corrected chi connectivity index (χ0v) is 19.3. The van der Waals surface area contributed by atoms with E-state index in [2.05, 4.69) is 20.6 Å². The van der Waals surface area contributed by atoms with Crippen LogP contribution in [0.4, 0.5) is 19.6 Å². The Morgan fingerprint density at radius 3 is 2.88 bits per heavy atom. The lowest BCUT2D eigenvalue weighted by molar-refractivity contribution is -0.125. The number of piperidine rings is 1. The summed E-state index contributed by atoms with van der Waals surface area (Å²) in [6, 6.07) is 2.79. The Hall–Kier alpha value is -3.41. The van der Waals surface area contributed by atoms with Gasteiger partial charge < -0.3 is 15.5 Å². The lowest BCUT2D eigenvalue weighted by Gasteiger charge is -2.31. The van der Waals surface area contributed by atoms with Gasteiger partial charge in [0, 0.05) is 25.7 Å². The Morgan fingerprint density at radius 2 is 2.12 bits per heavy atom. The van der Waals surface area contributed by atoms with Crippen LogP contribution in [0.1, 0.15) is 26.2 Å². The zero-order chi connectivity index (χ0) is 24.2. The van der Waals surface area contributed by atoms with Crippen molar-refractivity contribution in [3.8, 4) is 0 Å². The van der Waals surface area contributed by atoms with Gasteiger partial charge in [-0.05, 0) is 31.4 Å². The van der Waals surface area contributed by atoms with Gasteiger partial charge in [0.1, 0.15) is 29.2 Å². The van der Waals surface area contributed by atoms with Crippen molar-refractivity contribution in [3.63, 3.8) is 0 Å². The summed E-state index contributed by atoms with van der Waals surface area (Å²) in [6.45, 7) is 3.47. The van der Waals surface area contributed by atoms with Crippen molar-refractivity contribution in [1.29, 1.82) is 0 Å². The Kier molecular flexibility index (Phi) is 7.15. The van der Waals surface area contributed by atoms with E-state index >= 15 is 0 Å². The van der Waals surface area contributed by atoms with Crippen LogP contribution in [0, 0.1) is 17.6 Å². The molecule has 1 aromatic carbocycles. The number of aromatic nitrogens is 3. The first-order valence-electron chi connectivity index (χ1n) is 11.0. The molecular formula is C22H24F2N6O3S. The van der Waals surface area contributed by atoms with Crippen LogP contribution in [-0.2, 0) is 16.1 Å². The van der Waals surface area contributed by atoms with E-state index in [9.17, 15) is 23.2 Å². The standard InChI is InChI=1S/C22H24F2N6O3S/c1-2-7-25-20(32)13-4-3-8-29(10-13)22-28-19-18(34-22)21(33)30(12-26-19)11-17(31)27-16-6-5-14(23)9-15(16)24/h5-6,9,12-13H,2-4,7-8,10-11H2,1H3,(H,25,32)(H,27,31)/t13-/m0/s1. The largest absolute Gasteiger partial charge is 0.356 e. The number of rotatable bonds is 7.